The van der Waals surface area contributed by atoms with Gasteiger partial charge >= 0.3 is 5.97 Å². The van der Waals surface area contributed by atoms with Gasteiger partial charge in [-0.2, -0.15) is 0 Å². The van der Waals surface area contributed by atoms with Crippen molar-refractivity contribution in [3.63, 3.8) is 0 Å². The largest absolute Gasteiger partial charge is 0.456 e. The van der Waals surface area contributed by atoms with Crippen molar-refractivity contribution < 1.29 is 9.53 Å². The lowest BCUT2D eigenvalue weighted by atomic mass is 10.2. The van der Waals surface area contributed by atoms with Crippen LogP contribution in [0.3, 0.4) is 0 Å². The Morgan fingerprint density at radius 3 is 2.88 bits per heavy atom. The van der Waals surface area contributed by atoms with Crippen LogP contribution in [0.25, 0.3) is 0 Å². The second kappa shape index (κ2) is 4.18. The van der Waals surface area contributed by atoms with Gasteiger partial charge < -0.3 is 10.1 Å². The number of hydrogen-bond acceptors (Lipinski definition) is 4. The lowest BCUT2D eigenvalue weighted by Crippen LogP contribution is -2.24. The number of fused-ring (bicyclic) bond motifs is 1. The Morgan fingerprint density at radius 2 is 2.24 bits per heavy atom. The topological polar surface area (TPSA) is 51.2 Å². The number of hydrogen-bond donors (Lipinski definition) is 1. The molecule has 0 aromatic carbocycles. The van der Waals surface area contributed by atoms with Gasteiger partial charge in [0.25, 0.3) is 0 Å². The number of anilines is 1. The third kappa shape index (κ3) is 2.69. The van der Waals surface area contributed by atoms with Crippen LogP contribution in [-0.4, -0.2) is 23.1 Å². The molecule has 1 aliphatic heterocycles. The maximum Gasteiger partial charge on any atom is 0.341 e. The fraction of sp³-hybridized carbons (Fsp3) is 0.500. The van der Waals surface area contributed by atoms with Crippen LogP contribution in [0.5, 0.6) is 0 Å². The van der Waals surface area contributed by atoms with E-state index in [0.29, 0.717) is 5.56 Å². The molecule has 0 aliphatic carbocycles. The third-order valence-corrected chi connectivity index (χ3v) is 2.64. The van der Waals surface area contributed by atoms with Gasteiger partial charge in [0.15, 0.2) is 0 Å². The molecule has 0 fully saturated rings. The first-order valence-electron chi connectivity index (χ1n) is 5.53. The minimum Gasteiger partial charge on any atom is -0.456 e. The molecule has 1 aliphatic rings. The van der Waals surface area contributed by atoms with E-state index in [9.17, 15) is 4.79 Å². The number of esters is 1. The molecule has 5 heteroatoms. The fourth-order valence-corrected chi connectivity index (χ4v) is 1.90. The smallest absolute Gasteiger partial charge is 0.341 e. The summed E-state index contributed by atoms with van der Waals surface area (Å²) in [6.45, 7) is 6.28. The molecule has 1 aromatic rings. The van der Waals surface area contributed by atoms with Gasteiger partial charge in [-0.25, -0.2) is 9.78 Å². The maximum atomic E-state index is 11.9. The summed E-state index contributed by atoms with van der Waals surface area (Å²) in [6, 6.07) is 1.71. The Labute approximate surface area is 105 Å². The highest BCUT2D eigenvalue weighted by atomic mass is 35.5. The number of aromatic nitrogens is 1. The molecule has 0 saturated heterocycles. The molecule has 1 aromatic heterocycles. The number of pyridine rings is 1. The highest BCUT2D eigenvalue weighted by Crippen LogP contribution is 2.27. The van der Waals surface area contributed by atoms with Gasteiger partial charge in [-0.05, 0) is 26.8 Å². The van der Waals surface area contributed by atoms with Crippen LogP contribution < -0.4 is 5.32 Å². The zero-order valence-electron chi connectivity index (χ0n) is 10.1. The fourth-order valence-electron chi connectivity index (χ4n) is 1.66. The van der Waals surface area contributed by atoms with Crippen molar-refractivity contribution in [1.29, 1.82) is 0 Å². The predicted molar refractivity (Wildman–Crippen MR) is 66.6 cm³/mol. The second-order valence-corrected chi connectivity index (χ2v) is 5.36. The number of carbonyl (C=O) groups is 1. The molecule has 1 N–H and O–H groups in total. The molecule has 0 amide bonds. The zero-order valence-corrected chi connectivity index (χ0v) is 10.9. The van der Waals surface area contributed by atoms with Crippen molar-refractivity contribution in [1.82, 2.24) is 4.98 Å². The van der Waals surface area contributed by atoms with Crippen molar-refractivity contribution in [3.05, 3.63) is 22.5 Å². The highest BCUT2D eigenvalue weighted by molar-refractivity contribution is 6.32. The average molecular weight is 255 g/mol. The normalized spacial score (nSPS) is 14.1. The lowest BCUT2D eigenvalue weighted by Gasteiger charge is -2.19. The van der Waals surface area contributed by atoms with E-state index in [2.05, 4.69) is 10.3 Å². The van der Waals surface area contributed by atoms with E-state index in [4.69, 9.17) is 16.3 Å². The molecule has 0 atom stereocenters. The minimum absolute atomic E-state index is 0.210. The standard InChI is InChI=1S/C12H15ClN2O2/c1-12(2,3)17-11(16)7-6-9-8(4-5-14-9)15-10(7)13/h6,14H,4-5H2,1-3H3. The molecular formula is C12H15ClN2O2. The summed E-state index contributed by atoms with van der Waals surface area (Å²) in [5.74, 6) is -0.438. The first kappa shape index (κ1) is 12.2. The first-order chi connectivity index (χ1) is 7.87. The summed E-state index contributed by atoms with van der Waals surface area (Å²) in [5.41, 5.74) is 1.56. The van der Waals surface area contributed by atoms with Crippen molar-refractivity contribution in [2.45, 2.75) is 32.8 Å². The van der Waals surface area contributed by atoms with E-state index in [0.717, 1.165) is 24.3 Å². The van der Waals surface area contributed by atoms with Crippen LogP contribution in [0.15, 0.2) is 6.07 Å². The Kier molecular flexibility index (Phi) is 3.00. The van der Waals surface area contributed by atoms with Crippen LogP contribution in [0.4, 0.5) is 5.69 Å². The monoisotopic (exact) mass is 254 g/mol. The molecule has 0 radical (unpaired) electrons. The molecule has 2 rings (SSSR count). The van der Waals surface area contributed by atoms with Gasteiger partial charge in [0.1, 0.15) is 10.8 Å². The van der Waals surface area contributed by atoms with E-state index in [1.165, 1.54) is 0 Å². The third-order valence-electron chi connectivity index (χ3n) is 2.35. The van der Waals surface area contributed by atoms with Crippen molar-refractivity contribution in [2.75, 3.05) is 11.9 Å². The quantitative estimate of drug-likeness (QED) is 0.618. The molecule has 92 valence electrons. The number of carbonyl (C=O) groups excluding carboxylic acids is 1. The van der Waals surface area contributed by atoms with Gasteiger partial charge in [0.2, 0.25) is 0 Å². The van der Waals surface area contributed by atoms with Gasteiger partial charge in [-0.3, -0.25) is 0 Å². The average Bonchev–Trinajstić information content (AvgIpc) is 2.60. The van der Waals surface area contributed by atoms with Crippen LogP contribution >= 0.6 is 11.6 Å². The summed E-state index contributed by atoms with van der Waals surface area (Å²) in [5, 5.41) is 3.37. The zero-order chi connectivity index (χ0) is 12.6. The van der Waals surface area contributed by atoms with Crippen molar-refractivity contribution >= 4 is 23.3 Å². The highest BCUT2D eigenvalue weighted by Gasteiger charge is 2.23. The van der Waals surface area contributed by atoms with E-state index in [-0.39, 0.29) is 5.15 Å². The van der Waals surface area contributed by atoms with Crippen LogP contribution in [0, 0.1) is 0 Å². The Bertz CT molecular complexity index is 466. The minimum atomic E-state index is -0.535. The Balaban J connectivity index is 2.30. The molecule has 4 nitrogen and oxygen atoms in total. The van der Waals surface area contributed by atoms with E-state index < -0.39 is 11.6 Å². The van der Waals surface area contributed by atoms with Crippen LogP contribution in [0.1, 0.15) is 36.8 Å². The summed E-state index contributed by atoms with van der Waals surface area (Å²) in [7, 11) is 0. The summed E-state index contributed by atoms with van der Waals surface area (Å²) >= 11 is 5.99. The number of halogens is 1. The van der Waals surface area contributed by atoms with Gasteiger partial charge in [-0.1, -0.05) is 11.6 Å². The van der Waals surface area contributed by atoms with Crippen molar-refractivity contribution in [2.24, 2.45) is 0 Å². The van der Waals surface area contributed by atoms with E-state index in [1.54, 1.807) is 6.07 Å². The van der Waals surface area contributed by atoms with Crippen LogP contribution in [0.2, 0.25) is 5.15 Å². The maximum absolute atomic E-state index is 11.9. The molecule has 0 bridgehead atoms. The number of rotatable bonds is 1. The number of ether oxygens (including phenoxy) is 1. The molecule has 2 heterocycles. The Morgan fingerprint density at radius 1 is 1.53 bits per heavy atom. The number of nitrogens with zero attached hydrogens (tertiary/aromatic N) is 1. The van der Waals surface area contributed by atoms with E-state index in [1.807, 2.05) is 20.8 Å². The van der Waals surface area contributed by atoms with Gasteiger partial charge in [0.05, 0.1) is 16.9 Å². The second-order valence-electron chi connectivity index (χ2n) is 5.00. The Hall–Kier alpha value is -1.29. The lowest BCUT2D eigenvalue weighted by molar-refractivity contribution is 0.00694. The first-order valence-corrected chi connectivity index (χ1v) is 5.91. The molecule has 0 unspecified atom stereocenters. The molecular weight excluding hydrogens is 240 g/mol. The molecule has 0 spiro atoms. The van der Waals surface area contributed by atoms with Gasteiger partial charge in [-0.15, -0.1) is 0 Å². The van der Waals surface area contributed by atoms with E-state index >= 15 is 0 Å². The summed E-state index contributed by atoms with van der Waals surface area (Å²) < 4.78 is 5.27. The summed E-state index contributed by atoms with van der Waals surface area (Å²) in [4.78, 5) is 16.1. The molecule has 0 saturated carbocycles. The predicted octanol–water partition coefficient (Wildman–Crippen LogP) is 2.66. The van der Waals surface area contributed by atoms with Crippen molar-refractivity contribution in [3.8, 4) is 0 Å². The van der Waals surface area contributed by atoms with Gasteiger partial charge in [0, 0.05) is 13.0 Å². The molecule has 17 heavy (non-hydrogen) atoms. The summed E-state index contributed by atoms with van der Waals surface area (Å²) in [6.07, 6.45) is 0.837. The number of nitrogens with one attached hydrogen (secondary N) is 1. The SMILES string of the molecule is CC(C)(C)OC(=O)c1cc2c(nc1Cl)CCN2. The van der Waals surface area contributed by atoms with Crippen LogP contribution in [-0.2, 0) is 11.2 Å².